The molecule has 2 aliphatic rings. The summed E-state index contributed by atoms with van der Waals surface area (Å²) in [6, 6.07) is 11.5. The SMILES string of the molecule is CCOc1ccc(S(=O)(=O)N2CCC3(CC2)CN(c2nc(Cc4ccc(F)cc4)ns2)C3)cc1C. The summed E-state index contributed by atoms with van der Waals surface area (Å²) in [7, 11) is -3.52. The number of sulfonamides is 1. The first-order chi connectivity index (χ1) is 16.8. The van der Waals surface area contributed by atoms with E-state index in [4.69, 9.17) is 4.74 Å². The first-order valence-corrected chi connectivity index (χ1v) is 14.0. The van der Waals surface area contributed by atoms with E-state index in [0.717, 1.165) is 53.8 Å². The van der Waals surface area contributed by atoms with Gasteiger partial charge < -0.3 is 9.64 Å². The third kappa shape index (κ3) is 4.92. The number of benzene rings is 2. The maximum absolute atomic E-state index is 13.2. The molecule has 186 valence electrons. The van der Waals surface area contributed by atoms with Crippen molar-refractivity contribution >= 4 is 26.7 Å². The van der Waals surface area contributed by atoms with Gasteiger partial charge in [-0.2, -0.15) is 8.68 Å². The monoisotopic (exact) mass is 516 g/mol. The molecule has 1 aromatic heterocycles. The lowest BCUT2D eigenvalue weighted by molar-refractivity contribution is 0.114. The van der Waals surface area contributed by atoms with Crippen LogP contribution in [0.4, 0.5) is 9.52 Å². The van der Waals surface area contributed by atoms with E-state index in [1.54, 1.807) is 34.6 Å². The summed E-state index contributed by atoms with van der Waals surface area (Å²) < 4.78 is 51.2. The first-order valence-electron chi connectivity index (χ1n) is 11.8. The van der Waals surface area contributed by atoms with Crippen molar-refractivity contribution in [3.8, 4) is 5.75 Å². The standard InChI is InChI=1S/C25H29FN4O3S2/c1-3-33-22-9-8-21(14-18(22)2)35(31,32)30-12-10-25(11-13-30)16-29(17-25)24-27-23(28-34-24)15-19-4-6-20(26)7-5-19/h4-9,14H,3,10-13,15-17H2,1-2H3. The Morgan fingerprint density at radius 1 is 1.11 bits per heavy atom. The lowest BCUT2D eigenvalue weighted by Crippen LogP contribution is -2.61. The van der Waals surface area contributed by atoms with Crippen molar-refractivity contribution in [2.24, 2.45) is 5.41 Å². The van der Waals surface area contributed by atoms with Gasteiger partial charge in [0.15, 0.2) is 0 Å². The molecule has 0 amide bonds. The molecular weight excluding hydrogens is 487 g/mol. The summed E-state index contributed by atoms with van der Waals surface area (Å²) in [5.74, 6) is 1.21. The fraction of sp³-hybridized carbons (Fsp3) is 0.440. The number of aryl methyl sites for hydroxylation is 1. The molecule has 5 rings (SSSR count). The maximum Gasteiger partial charge on any atom is 0.243 e. The van der Waals surface area contributed by atoms with Gasteiger partial charge in [0.2, 0.25) is 15.2 Å². The van der Waals surface area contributed by atoms with Crippen molar-refractivity contribution in [3.05, 3.63) is 65.2 Å². The molecule has 0 unspecified atom stereocenters. The molecule has 0 N–H and O–H groups in total. The van der Waals surface area contributed by atoms with Crippen molar-refractivity contribution < 1.29 is 17.5 Å². The molecule has 2 saturated heterocycles. The molecule has 3 aromatic rings. The topological polar surface area (TPSA) is 75.6 Å². The number of ether oxygens (including phenoxy) is 1. The fourth-order valence-electron chi connectivity index (χ4n) is 4.89. The molecular formula is C25H29FN4O3S2. The third-order valence-electron chi connectivity index (χ3n) is 6.92. The van der Waals surface area contributed by atoms with Gasteiger partial charge in [0, 0.05) is 49.5 Å². The second kappa shape index (κ2) is 9.48. The van der Waals surface area contributed by atoms with Crippen LogP contribution in [-0.2, 0) is 16.4 Å². The van der Waals surface area contributed by atoms with Gasteiger partial charge in [-0.15, -0.1) is 0 Å². The van der Waals surface area contributed by atoms with Crippen molar-refractivity contribution in [2.45, 2.75) is 38.0 Å². The first kappa shape index (κ1) is 24.1. The Hall–Kier alpha value is -2.56. The minimum atomic E-state index is -3.52. The van der Waals surface area contributed by atoms with Gasteiger partial charge in [-0.25, -0.2) is 17.8 Å². The third-order valence-corrected chi connectivity index (χ3v) is 9.63. The van der Waals surface area contributed by atoms with E-state index in [2.05, 4.69) is 14.3 Å². The van der Waals surface area contributed by atoms with Crippen LogP contribution in [0.25, 0.3) is 0 Å². The van der Waals surface area contributed by atoms with E-state index in [1.807, 2.05) is 13.8 Å². The summed E-state index contributed by atoms with van der Waals surface area (Å²) in [4.78, 5) is 7.23. The van der Waals surface area contributed by atoms with Gasteiger partial charge in [0.25, 0.3) is 0 Å². The Balaban J connectivity index is 1.17. The molecule has 0 atom stereocenters. The van der Waals surface area contributed by atoms with E-state index >= 15 is 0 Å². The van der Waals surface area contributed by atoms with Crippen LogP contribution in [0.3, 0.4) is 0 Å². The number of rotatable bonds is 7. The lowest BCUT2D eigenvalue weighted by atomic mass is 9.73. The Kier molecular flexibility index (Phi) is 6.54. The Bertz CT molecular complexity index is 1290. The zero-order chi connectivity index (χ0) is 24.6. The van der Waals surface area contributed by atoms with Gasteiger partial charge >= 0.3 is 0 Å². The second-order valence-electron chi connectivity index (χ2n) is 9.42. The van der Waals surface area contributed by atoms with Crippen LogP contribution in [0.5, 0.6) is 5.75 Å². The maximum atomic E-state index is 13.2. The molecule has 2 aromatic carbocycles. The molecule has 0 radical (unpaired) electrons. The zero-order valence-electron chi connectivity index (χ0n) is 19.9. The fourth-order valence-corrected chi connectivity index (χ4v) is 7.10. The van der Waals surface area contributed by atoms with Crippen LogP contribution in [0.1, 0.15) is 36.7 Å². The van der Waals surface area contributed by atoms with Crippen molar-refractivity contribution in [3.63, 3.8) is 0 Å². The van der Waals surface area contributed by atoms with Crippen LogP contribution < -0.4 is 9.64 Å². The van der Waals surface area contributed by atoms with Gasteiger partial charge in [-0.05, 0) is 68.1 Å². The highest BCUT2D eigenvalue weighted by Crippen LogP contribution is 2.44. The van der Waals surface area contributed by atoms with Crippen molar-refractivity contribution in [1.29, 1.82) is 0 Å². The molecule has 2 fully saturated rings. The molecule has 0 bridgehead atoms. The molecule has 7 nitrogen and oxygen atoms in total. The number of aromatic nitrogens is 2. The Labute approximate surface area is 209 Å². The minimum Gasteiger partial charge on any atom is -0.494 e. The summed E-state index contributed by atoms with van der Waals surface area (Å²) in [5.41, 5.74) is 1.93. The smallest absolute Gasteiger partial charge is 0.243 e. The van der Waals surface area contributed by atoms with Crippen molar-refractivity contribution in [1.82, 2.24) is 13.7 Å². The lowest BCUT2D eigenvalue weighted by Gasteiger charge is -2.53. The summed E-state index contributed by atoms with van der Waals surface area (Å²) >= 11 is 1.39. The Morgan fingerprint density at radius 2 is 1.83 bits per heavy atom. The minimum absolute atomic E-state index is 0.129. The summed E-state index contributed by atoms with van der Waals surface area (Å²) in [5, 5.41) is 0.896. The summed E-state index contributed by atoms with van der Waals surface area (Å²) in [6.07, 6.45) is 2.24. The van der Waals surface area contributed by atoms with E-state index in [-0.39, 0.29) is 11.2 Å². The largest absolute Gasteiger partial charge is 0.494 e. The number of piperidine rings is 1. The van der Waals surface area contributed by atoms with Crippen LogP contribution >= 0.6 is 11.5 Å². The van der Waals surface area contributed by atoms with Gasteiger partial charge in [0.1, 0.15) is 17.4 Å². The van der Waals surface area contributed by atoms with Crippen LogP contribution in [0.2, 0.25) is 0 Å². The van der Waals surface area contributed by atoms with Crippen LogP contribution in [-0.4, -0.2) is 54.9 Å². The van der Waals surface area contributed by atoms with Crippen LogP contribution in [0.15, 0.2) is 47.4 Å². The molecule has 1 spiro atoms. The number of hydrogen-bond donors (Lipinski definition) is 0. The molecule has 35 heavy (non-hydrogen) atoms. The van der Waals surface area contributed by atoms with Gasteiger partial charge in [-0.3, -0.25) is 0 Å². The Morgan fingerprint density at radius 3 is 2.49 bits per heavy atom. The van der Waals surface area contributed by atoms with E-state index in [9.17, 15) is 12.8 Å². The normalized spacial score (nSPS) is 18.0. The quantitative estimate of drug-likeness (QED) is 0.467. The van der Waals surface area contributed by atoms with E-state index in [1.165, 1.54) is 23.7 Å². The molecule has 3 heterocycles. The van der Waals surface area contributed by atoms with E-state index < -0.39 is 10.0 Å². The number of hydrogen-bond acceptors (Lipinski definition) is 7. The van der Waals surface area contributed by atoms with Crippen LogP contribution in [0, 0.1) is 18.2 Å². The summed E-state index contributed by atoms with van der Waals surface area (Å²) in [6.45, 7) is 7.11. The predicted octanol–water partition coefficient (Wildman–Crippen LogP) is 4.27. The van der Waals surface area contributed by atoms with Gasteiger partial charge in [0.05, 0.1) is 11.5 Å². The van der Waals surface area contributed by atoms with E-state index in [0.29, 0.717) is 31.0 Å². The average molecular weight is 517 g/mol. The molecule has 2 aliphatic heterocycles. The van der Waals surface area contributed by atoms with Gasteiger partial charge in [-0.1, -0.05) is 12.1 Å². The van der Waals surface area contributed by atoms with Crippen molar-refractivity contribution in [2.75, 3.05) is 37.7 Å². The zero-order valence-corrected chi connectivity index (χ0v) is 21.5. The number of halogens is 1. The highest BCUT2D eigenvalue weighted by molar-refractivity contribution is 7.89. The molecule has 0 aliphatic carbocycles. The highest BCUT2D eigenvalue weighted by Gasteiger charge is 2.47. The number of anilines is 1. The second-order valence-corrected chi connectivity index (χ2v) is 12.1. The molecule has 0 saturated carbocycles. The highest BCUT2D eigenvalue weighted by atomic mass is 32.2. The predicted molar refractivity (Wildman–Crippen MR) is 134 cm³/mol. The number of nitrogens with zero attached hydrogens (tertiary/aromatic N) is 4. The molecule has 10 heteroatoms. The average Bonchev–Trinajstić information content (AvgIpc) is 3.28.